The van der Waals surface area contributed by atoms with Gasteiger partial charge in [-0.1, -0.05) is 6.07 Å². The molecule has 0 aromatic heterocycles. The van der Waals surface area contributed by atoms with E-state index in [4.69, 9.17) is 9.47 Å². The Kier molecular flexibility index (Phi) is 3.63. The monoisotopic (exact) mass is 299 g/mol. The average molecular weight is 299 g/mol. The molecule has 0 radical (unpaired) electrons. The molecule has 2 aromatic carbocycles. The van der Waals surface area contributed by atoms with Gasteiger partial charge in [0.1, 0.15) is 5.75 Å². The molecular formula is C17H17NO4. The zero-order chi connectivity index (χ0) is 15.7. The van der Waals surface area contributed by atoms with E-state index in [9.17, 15) is 9.90 Å². The van der Waals surface area contributed by atoms with Crippen molar-refractivity contribution in [1.29, 1.82) is 0 Å². The van der Waals surface area contributed by atoms with Gasteiger partial charge >= 0.3 is 0 Å². The van der Waals surface area contributed by atoms with Crippen LogP contribution in [0.1, 0.15) is 24.2 Å². The second kappa shape index (κ2) is 5.60. The fraction of sp³-hybridized carbons (Fsp3) is 0.235. The summed E-state index contributed by atoms with van der Waals surface area (Å²) in [7, 11) is 0. The van der Waals surface area contributed by atoms with Crippen molar-refractivity contribution in [2.24, 2.45) is 0 Å². The second-order valence-corrected chi connectivity index (χ2v) is 5.46. The summed E-state index contributed by atoms with van der Waals surface area (Å²) in [5.74, 6) is 1.19. The maximum Gasteiger partial charge on any atom is 0.251 e. The van der Waals surface area contributed by atoms with E-state index in [1.807, 2.05) is 32.0 Å². The number of fused-ring (bicyclic) bond motifs is 1. The molecule has 0 atom stereocenters. The molecule has 0 unspecified atom stereocenters. The fourth-order valence-corrected chi connectivity index (χ4v) is 2.33. The lowest BCUT2D eigenvalue weighted by molar-refractivity contribution is 0.0942. The van der Waals surface area contributed by atoms with Crippen LogP contribution in [0.3, 0.4) is 0 Å². The molecule has 2 N–H and O–H groups in total. The molecule has 2 aromatic rings. The van der Waals surface area contributed by atoms with Crippen LogP contribution in [0.4, 0.5) is 0 Å². The molecule has 1 heterocycles. The van der Waals surface area contributed by atoms with Crippen molar-refractivity contribution in [3.63, 3.8) is 0 Å². The SMILES string of the molecule is CC(C)NC(=O)c1cc(O)cc(-c2ccc3c(c2)OCO3)c1. The van der Waals surface area contributed by atoms with Gasteiger partial charge in [0.2, 0.25) is 6.79 Å². The number of phenols is 1. The maximum absolute atomic E-state index is 12.1. The van der Waals surface area contributed by atoms with Gasteiger partial charge in [0.25, 0.3) is 5.91 Å². The normalized spacial score (nSPS) is 12.5. The predicted octanol–water partition coefficient (Wildman–Crippen LogP) is 2.93. The van der Waals surface area contributed by atoms with Crippen molar-refractivity contribution in [3.05, 3.63) is 42.0 Å². The number of phenolic OH excluding ortho intramolecular Hbond substituents is 1. The van der Waals surface area contributed by atoms with Crippen LogP contribution in [0.25, 0.3) is 11.1 Å². The molecule has 0 saturated carbocycles. The summed E-state index contributed by atoms with van der Waals surface area (Å²) in [5, 5.41) is 12.7. The summed E-state index contributed by atoms with van der Waals surface area (Å²) in [6.45, 7) is 3.99. The summed E-state index contributed by atoms with van der Waals surface area (Å²) in [4.78, 5) is 12.1. The summed E-state index contributed by atoms with van der Waals surface area (Å²) < 4.78 is 10.6. The lowest BCUT2D eigenvalue weighted by Gasteiger charge is -2.11. The molecule has 114 valence electrons. The Labute approximate surface area is 128 Å². The Hall–Kier alpha value is -2.69. The third-order valence-corrected chi connectivity index (χ3v) is 3.31. The first-order chi connectivity index (χ1) is 10.5. The molecule has 5 nitrogen and oxygen atoms in total. The Morgan fingerprint density at radius 3 is 2.64 bits per heavy atom. The van der Waals surface area contributed by atoms with Gasteiger partial charge in [0.05, 0.1) is 0 Å². The highest BCUT2D eigenvalue weighted by molar-refractivity contribution is 5.96. The minimum atomic E-state index is -0.215. The van der Waals surface area contributed by atoms with Crippen molar-refractivity contribution in [2.75, 3.05) is 6.79 Å². The molecule has 0 fully saturated rings. The molecule has 1 amide bonds. The van der Waals surface area contributed by atoms with Gasteiger partial charge in [-0.2, -0.15) is 0 Å². The van der Waals surface area contributed by atoms with Crippen LogP contribution in [-0.4, -0.2) is 23.8 Å². The van der Waals surface area contributed by atoms with Crippen molar-refractivity contribution < 1.29 is 19.4 Å². The Morgan fingerprint density at radius 1 is 1.09 bits per heavy atom. The fourth-order valence-electron chi connectivity index (χ4n) is 2.33. The van der Waals surface area contributed by atoms with Crippen LogP contribution < -0.4 is 14.8 Å². The minimum absolute atomic E-state index is 0.0313. The first kappa shape index (κ1) is 14.3. The third-order valence-electron chi connectivity index (χ3n) is 3.31. The largest absolute Gasteiger partial charge is 0.508 e. The number of carbonyl (C=O) groups is 1. The van der Waals surface area contributed by atoms with Crippen molar-refractivity contribution >= 4 is 5.91 Å². The van der Waals surface area contributed by atoms with Crippen LogP contribution in [0, 0.1) is 0 Å². The molecule has 0 saturated heterocycles. The quantitative estimate of drug-likeness (QED) is 0.914. The number of aromatic hydroxyl groups is 1. The highest BCUT2D eigenvalue weighted by Crippen LogP contribution is 2.36. The van der Waals surface area contributed by atoms with Crippen LogP contribution in [0.5, 0.6) is 17.2 Å². The van der Waals surface area contributed by atoms with Crippen LogP contribution in [0.15, 0.2) is 36.4 Å². The van der Waals surface area contributed by atoms with E-state index in [1.165, 1.54) is 6.07 Å². The molecule has 22 heavy (non-hydrogen) atoms. The van der Waals surface area contributed by atoms with Crippen molar-refractivity contribution in [1.82, 2.24) is 5.32 Å². The van der Waals surface area contributed by atoms with Gasteiger partial charge in [0.15, 0.2) is 11.5 Å². The van der Waals surface area contributed by atoms with Crippen molar-refractivity contribution in [2.45, 2.75) is 19.9 Å². The van der Waals surface area contributed by atoms with E-state index in [0.717, 1.165) is 11.1 Å². The van der Waals surface area contributed by atoms with Crippen molar-refractivity contribution in [3.8, 4) is 28.4 Å². The van der Waals surface area contributed by atoms with E-state index in [-0.39, 0.29) is 24.5 Å². The number of rotatable bonds is 3. The zero-order valence-corrected chi connectivity index (χ0v) is 12.4. The maximum atomic E-state index is 12.1. The number of nitrogens with one attached hydrogen (secondary N) is 1. The van der Waals surface area contributed by atoms with Gasteiger partial charge in [-0.05, 0) is 55.3 Å². The van der Waals surface area contributed by atoms with Gasteiger partial charge in [-0.15, -0.1) is 0 Å². The third kappa shape index (κ3) is 2.83. The first-order valence-corrected chi connectivity index (χ1v) is 7.08. The first-order valence-electron chi connectivity index (χ1n) is 7.08. The smallest absolute Gasteiger partial charge is 0.251 e. The van der Waals surface area contributed by atoms with E-state index in [0.29, 0.717) is 17.1 Å². The average Bonchev–Trinajstić information content (AvgIpc) is 2.93. The number of ether oxygens (including phenoxy) is 2. The van der Waals surface area contributed by atoms with Gasteiger partial charge in [-0.3, -0.25) is 4.79 Å². The predicted molar refractivity (Wildman–Crippen MR) is 82.3 cm³/mol. The topological polar surface area (TPSA) is 67.8 Å². The summed E-state index contributed by atoms with van der Waals surface area (Å²) in [6.07, 6.45) is 0. The number of hydrogen-bond donors (Lipinski definition) is 2. The molecule has 0 spiro atoms. The number of benzene rings is 2. The summed E-state index contributed by atoms with van der Waals surface area (Å²) >= 11 is 0. The van der Waals surface area contributed by atoms with E-state index in [1.54, 1.807) is 12.1 Å². The molecule has 1 aliphatic rings. The van der Waals surface area contributed by atoms with Crippen LogP contribution in [0.2, 0.25) is 0 Å². The lowest BCUT2D eigenvalue weighted by Crippen LogP contribution is -2.30. The van der Waals surface area contributed by atoms with Gasteiger partial charge in [0, 0.05) is 11.6 Å². The molecule has 3 rings (SSSR count). The van der Waals surface area contributed by atoms with Crippen LogP contribution >= 0.6 is 0 Å². The van der Waals surface area contributed by atoms with E-state index < -0.39 is 0 Å². The Bertz CT molecular complexity index is 725. The van der Waals surface area contributed by atoms with Gasteiger partial charge < -0.3 is 19.9 Å². The molecule has 1 aliphatic heterocycles. The van der Waals surface area contributed by atoms with Gasteiger partial charge in [-0.25, -0.2) is 0 Å². The number of hydrogen-bond acceptors (Lipinski definition) is 4. The lowest BCUT2D eigenvalue weighted by atomic mass is 10.0. The zero-order valence-electron chi connectivity index (χ0n) is 12.4. The second-order valence-electron chi connectivity index (χ2n) is 5.46. The van der Waals surface area contributed by atoms with E-state index >= 15 is 0 Å². The number of amides is 1. The molecule has 0 aliphatic carbocycles. The summed E-state index contributed by atoms with van der Waals surface area (Å²) in [6, 6.07) is 10.4. The number of carbonyl (C=O) groups excluding carboxylic acids is 1. The minimum Gasteiger partial charge on any atom is -0.508 e. The molecular weight excluding hydrogens is 282 g/mol. The molecule has 5 heteroatoms. The Balaban J connectivity index is 1.97. The van der Waals surface area contributed by atoms with Crippen LogP contribution in [-0.2, 0) is 0 Å². The van der Waals surface area contributed by atoms with E-state index in [2.05, 4.69) is 5.32 Å². The molecule has 0 bridgehead atoms. The Morgan fingerprint density at radius 2 is 1.86 bits per heavy atom. The highest BCUT2D eigenvalue weighted by atomic mass is 16.7. The summed E-state index contributed by atoms with van der Waals surface area (Å²) in [5.41, 5.74) is 2.01. The standard InChI is InChI=1S/C17H17NO4/c1-10(2)18-17(20)13-5-12(6-14(19)7-13)11-3-4-15-16(8-11)22-9-21-15/h3-8,10,19H,9H2,1-2H3,(H,18,20). The highest BCUT2D eigenvalue weighted by Gasteiger charge is 2.15.